The van der Waals surface area contributed by atoms with Gasteiger partial charge in [-0.3, -0.25) is 0 Å². The van der Waals surface area contributed by atoms with Crippen LogP contribution in [0.25, 0.3) is 0 Å². The van der Waals surface area contributed by atoms with Crippen molar-refractivity contribution in [1.29, 1.82) is 0 Å². The molecule has 4 heteroatoms. The Morgan fingerprint density at radius 1 is 0.750 bits per heavy atom. The summed E-state index contributed by atoms with van der Waals surface area (Å²) in [7, 11) is -3.45. The zero-order valence-corrected chi connectivity index (χ0v) is 16.1. The summed E-state index contributed by atoms with van der Waals surface area (Å²) in [6, 6.07) is 18.4. The Bertz CT molecular complexity index is 492. The van der Waals surface area contributed by atoms with E-state index in [1.165, 1.54) is 12.1 Å². The average Bonchev–Trinajstić information content (AvgIpc) is 2.53. The van der Waals surface area contributed by atoms with Gasteiger partial charge in [0.05, 0.1) is 0 Å². The molecule has 2 nitrogen and oxygen atoms in total. The molecule has 0 bridgehead atoms. The first-order valence-corrected chi connectivity index (χ1v) is 7.88. The van der Waals surface area contributed by atoms with Crippen LogP contribution in [0.2, 0.25) is 0 Å². The average molecular weight is 365 g/mol. The van der Waals surface area contributed by atoms with Crippen molar-refractivity contribution >= 4 is 9.84 Å². The van der Waals surface area contributed by atoms with Gasteiger partial charge in [-0.15, -0.1) is 0 Å². The summed E-state index contributed by atoms with van der Waals surface area (Å²) in [4.78, 5) is 0.347. The first-order chi connectivity index (χ1) is 9.21. The van der Waals surface area contributed by atoms with E-state index in [0.29, 0.717) is 0 Å². The van der Waals surface area contributed by atoms with Crippen LogP contribution in [-0.4, -0.2) is 8.42 Å². The second-order valence-electron chi connectivity index (χ2n) is 2.96. The summed E-state index contributed by atoms with van der Waals surface area (Å²) < 4.78 is 23.9. The predicted octanol–water partition coefficient (Wildman–Crippen LogP) is 4.17. The summed E-state index contributed by atoms with van der Waals surface area (Å²) in [6.45, 7) is 8.00. The second-order valence-corrected chi connectivity index (χ2v) is 4.84. The maximum absolute atomic E-state index is 12.0. The number of sulfone groups is 1. The van der Waals surface area contributed by atoms with Gasteiger partial charge in [0.2, 0.25) is 0 Å². The minimum Gasteiger partial charge on any atom is -0.223 e. The topological polar surface area (TPSA) is 34.1 Å². The van der Waals surface area contributed by atoms with Crippen LogP contribution in [0.5, 0.6) is 0 Å². The van der Waals surface area contributed by atoms with Gasteiger partial charge in [-0.25, -0.2) is 8.42 Å². The molecule has 0 fully saturated rings. The summed E-state index contributed by atoms with van der Waals surface area (Å²) in [5.41, 5.74) is 0. The Morgan fingerprint density at radius 2 is 1.10 bits per heavy atom. The fourth-order valence-corrected chi connectivity index (χ4v) is 2.41. The van der Waals surface area contributed by atoms with Crippen molar-refractivity contribution in [2.24, 2.45) is 0 Å². The second kappa shape index (κ2) is 12.3. The van der Waals surface area contributed by atoms with Crippen molar-refractivity contribution < 1.29 is 41.1 Å². The fraction of sp³-hybridized carbons (Fsp3) is 0.250. The Kier molecular flexibility index (Phi) is 13.3. The molecule has 0 N–H and O–H groups in total. The molecule has 107 valence electrons. The van der Waals surface area contributed by atoms with Crippen molar-refractivity contribution in [1.82, 2.24) is 0 Å². The monoisotopic (exact) mass is 365 g/mol. The first-order valence-electron chi connectivity index (χ1n) is 6.40. The van der Waals surface area contributed by atoms with E-state index in [2.05, 4.69) is 12.1 Å². The van der Waals surface area contributed by atoms with Gasteiger partial charge in [-0.2, -0.15) is 60.7 Å². The zero-order chi connectivity index (χ0) is 14.7. The third-order valence-electron chi connectivity index (χ3n) is 1.94. The van der Waals surface area contributed by atoms with E-state index in [1.807, 2.05) is 27.7 Å². The first kappa shape index (κ1) is 21.8. The molecule has 2 rings (SSSR count). The molecule has 20 heavy (non-hydrogen) atoms. The van der Waals surface area contributed by atoms with E-state index in [4.69, 9.17) is 0 Å². The van der Waals surface area contributed by atoms with Crippen LogP contribution in [0, 0.1) is 12.1 Å². The van der Waals surface area contributed by atoms with Crippen molar-refractivity contribution in [2.75, 3.05) is 0 Å². The van der Waals surface area contributed by atoms with Gasteiger partial charge >= 0.3 is 0 Å². The standard InChI is InChI=1S/C12H8O2S.2C2H6.Y/c13-15(14,11-7-3-1-4-8-11)12-9-5-2-6-10-12;2*1-2;/h1-7,9H;2*1-2H3;/q-2;;;. The number of hydrogen-bond acceptors (Lipinski definition) is 2. The molecule has 0 aliphatic rings. The third-order valence-corrected chi connectivity index (χ3v) is 3.61. The Balaban J connectivity index is 0. The molecule has 0 unspecified atom stereocenters. The number of rotatable bonds is 2. The minimum absolute atomic E-state index is 0. The molecule has 0 aromatic heterocycles. The minimum atomic E-state index is -3.45. The van der Waals surface area contributed by atoms with Gasteiger partial charge in [0.1, 0.15) is 0 Å². The fourth-order valence-electron chi connectivity index (χ4n) is 1.21. The predicted molar refractivity (Wildman–Crippen MR) is 78.7 cm³/mol. The summed E-state index contributed by atoms with van der Waals surface area (Å²) in [5, 5.41) is 0. The van der Waals surface area contributed by atoms with Crippen LogP contribution in [0.15, 0.2) is 58.3 Å². The normalized spacial score (nSPS) is 9.00. The van der Waals surface area contributed by atoms with Gasteiger partial charge in [-0.05, 0) is 9.79 Å². The Morgan fingerprint density at radius 3 is 1.35 bits per heavy atom. The summed E-state index contributed by atoms with van der Waals surface area (Å²) >= 11 is 0. The van der Waals surface area contributed by atoms with Gasteiger partial charge in [-0.1, -0.05) is 27.7 Å². The molecule has 0 heterocycles. The van der Waals surface area contributed by atoms with E-state index >= 15 is 0 Å². The van der Waals surface area contributed by atoms with Crippen LogP contribution in [0.1, 0.15) is 27.7 Å². The van der Waals surface area contributed by atoms with E-state index < -0.39 is 9.84 Å². The van der Waals surface area contributed by atoms with Gasteiger partial charge in [0.15, 0.2) is 9.84 Å². The van der Waals surface area contributed by atoms with Gasteiger partial charge in [0.25, 0.3) is 0 Å². The van der Waals surface area contributed by atoms with Crippen LogP contribution < -0.4 is 0 Å². The largest absolute Gasteiger partial charge is 0.223 e. The van der Waals surface area contributed by atoms with Crippen molar-refractivity contribution in [2.45, 2.75) is 37.5 Å². The van der Waals surface area contributed by atoms with Crippen molar-refractivity contribution in [3.05, 3.63) is 60.7 Å². The SMILES string of the molecule is CC.CC.O=S(=O)(c1[c-]cccc1)c1[c-]cccc1.[Y]. The van der Waals surface area contributed by atoms with E-state index in [9.17, 15) is 8.42 Å². The van der Waals surface area contributed by atoms with E-state index in [1.54, 1.807) is 36.4 Å². The molecule has 0 aliphatic heterocycles. The molecule has 2 aromatic carbocycles. The van der Waals surface area contributed by atoms with E-state index in [-0.39, 0.29) is 42.5 Å². The maximum atomic E-state index is 12.0. The molecule has 1 radical (unpaired) electrons. The van der Waals surface area contributed by atoms with E-state index in [0.717, 1.165) is 0 Å². The molecule has 2 aromatic rings. The van der Waals surface area contributed by atoms with Gasteiger partial charge in [0, 0.05) is 32.7 Å². The maximum Gasteiger partial charge on any atom is 0.160 e. The van der Waals surface area contributed by atoms with Crippen LogP contribution in [-0.2, 0) is 42.5 Å². The summed E-state index contributed by atoms with van der Waals surface area (Å²) in [5.74, 6) is 0. The molecular formula is C16H20O2SY-2. The molecule has 0 aliphatic carbocycles. The Labute approximate surface area is 148 Å². The number of hydrogen-bond donors (Lipinski definition) is 0. The smallest absolute Gasteiger partial charge is 0.160 e. The molecule has 0 amide bonds. The van der Waals surface area contributed by atoms with Gasteiger partial charge < -0.3 is 0 Å². The quantitative estimate of drug-likeness (QED) is 0.749. The third kappa shape index (κ3) is 6.30. The van der Waals surface area contributed by atoms with Crippen LogP contribution in [0.3, 0.4) is 0 Å². The summed E-state index contributed by atoms with van der Waals surface area (Å²) in [6.07, 6.45) is 0. The zero-order valence-electron chi connectivity index (χ0n) is 12.4. The van der Waals surface area contributed by atoms with Crippen LogP contribution in [0.4, 0.5) is 0 Å². The number of benzene rings is 2. The Hall–Kier alpha value is -0.506. The van der Waals surface area contributed by atoms with Crippen molar-refractivity contribution in [3.63, 3.8) is 0 Å². The molecular weight excluding hydrogens is 345 g/mol. The molecule has 0 saturated carbocycles. The van der Waals surface area contributed by atoms with Crippen molar-refractivity contribution in [3.8, 4) is 0 Å². The van der Waals surface area contributed by atoms with Crippen LogP contribution >= 0.6 is 0 Å². The molecule has 0 saturated heterocycles. The molecule has 0 atom stereocenters. The molecule has 0 spiro atoms.